The number of hydrogen-bond acceptors (Lipinski definition) is 5. The maximum absolute atomic E-state index is 12.6. The third-order valence-electron chi connectivity index (χ3n) is 4.45. The number of ether oxygens (including phenoxy) is 2. The zero-order chi connectivity index (χ0) is 19.0. The summed E-state index contributed by atoms with van der Waals surface area (Å²) in [5.74, 6) is 0.414. The number of oxazole rings is 1. The van der Waals surface area contributed by atoms with Crippen molar-refractivity contribution in [1.29, 1.82) is 0 Å². The van der Waals surface area contributed by atoms with Crippen LogP contribution in [0.1, 0.15) is 19.4 Å². The van der Waals surface area contributed by atoms with E-state index in [0.717, 1.165) is 17.7 Å². The van der Waals surface area contributed by atoms with E-state index in [1.54, 1.807) is 30.3 Å². The maximum Gasteiger partial charge on any atom is 0.420 e. The predicted octanol–water partition coefficient (Wildman–Crippen LogP) is 2.96. The Kier molecular flexibility index (Phi) is 4.35. The smallest absolute Gasteiger partial charge is 0.420 e. The number of anilines is 1. The van der Waals surface area contributed by atoms with Gasteiger partial charge >= 0.3 is 5.76 Å². The summed E-state index contributed by atoms with van der Waals surface area (Å²) in [5, 5.41) is 2.82. The highest BCUT2D eigenvalue weighted by Gasteiger charge is 2.23. The molecule has 1 N–H and O–H groups in total. The van der Waals surface area contributed by atoms with Gasteiger partial charge in [-0.05, 0) is 32.0 Å². The predicted molar refractivity (Wildman–Crippen MR) is 101 cm³/mol. The van der Waals surface area contributed by atoms with Crippen LogP contribution in [0, 0.1) is 0 Å². The summed E-state index contributed by atoms with van der Waals surface area (Å²) in [6.07, 6.45) is 0.899. The summed E-state index contributed by atoms with van der Waals surface area (Å²) < 4.78 is 17.9. The zero-order valence-corrected chi connectivity index (χ0v) is 15.2. The summed E-state index contributed by atoms with van der Waals surface area (Å²) >= 11 is 0. The first kappa shape index (κ1) is 17.2. The van der Waals surface area contributed by atoms with Crippen molar-refractivity contribution < 1.29 is 18.7 Å². The summed E-state index contributed by atoms with van der Waals surface area (Å²) in [6, 6.07) is 10.7. The number of fused-ring (bicyclic) bond motifs is 2. The second-order valence-corrected chi connectivity index (χ2v) is 6.49. The lowest BCUT2D eigenvalue weighted by Gasteiger charge is -2.13. The lowest BCUT2D eigenvalue weighted by atomic mass is 10.1. The first-order valence-electron chi connectivity index (χ1n) is 8.89. The van der Waals surface area contributed by atoms with Gasteiger partial charge in [0.1, 0.15) is 24.1 Å². The van der Waals surface area contributed by atoms with E-state index < -0.39 is 5.76 Å². The number of rotatable bonds is 5. The van der Waals surface area contributed by atoms with Gasteiger partial charge in [0.2, 0.25) is 5.91 Å². The standard InChI is InChI=1S/C20H20N2O5/c1-3-25-18-9-13-8-12(2)26-17(13)10-14(18)21-19(23)11-22-15-6-4-5-7-16(15)27-20(22)24/h4-7,9-10,12H,3,8,11H2,1-2H3,(H,21,23). The number of benzene rings is 2. The van der Waals surface area contributed by atoms with Crippen LogP contribution in [-0.2, 0) is 17.8 Å². The maximum atomic E-state index is 12.6. The van der Waals surface area contributed by atoms with E-state index >= 15 is 0 Å². The molecule has 1 atom stereocenters. The zero-order valence-electron chi connectivity index (χ0n) is 15.2. The first-order valence-corrected chi connectivity index (χ1v) is 8.89. The lowest BCUT2D eigenvalue weighted by molar-refractivity contribution is -0.116. The molecule has 1 aliphatic heterocycles. The topological polar surface area (TPSA) is 82.7 Å². The Morgan fingerprint density at radius 1 is 1.33 bits per heavy atom. The fourth-order valence-corrected chi connectivity index (χ4v) is 3.31. The number of para-hydroxylation sites is 2. The largest absolute Gasteiger partial charge is 0.492 e. The lowest BCUT2D eigenvalue weighted by Crippen LogP contribution is -2.25. The molecule has 0 saturated heterocycles. The van der Waals surface area contributed by atoms with Gasteiger partial charge in [0, 0.05) is 18.1 Å². The Morgan fingerprint density at radius 3 is 2.96 bits per heavy atom. The molecule has 7 heteroatoms. The molecule has 0 bridgehead atoms. The molecule has 140 valence electrons. The molecular formula is C20H20N2O5. The molecule has 1 aromatic heterocycles. The highest BCUT2D eigenvalue weighted by Crippen LogP contribution is 2.38. The van der Waals surface area contributed by atoms with Gasteiger partial charge in [-0.15, -0.1) is 0 Å². The van der Waals surface area contributed by atoms with Gasteiger partial charge in [-0.25, -0.2) is 4.79 Å². The number of nitrogens with zero attached hydrogens (tertiary/aromatic N) is 1. The molecule has 4 rings (SSSR count). The van der Waals surface area contributed by atoms with Crippen LogP contribution in [0.25, 0.3) is 11.1 Å². The van der Waals surface area contributed by atoms with Crippen LogP contribution in [0.2, 0.25) is 0 Å². The van der Waals surface area contributed by atoms with Gasteiger partial charge in [-0.1, -0.05) is 12.1 Å². The highest BCUT2D eigenvalue weighted by molar-refractivity contribution is 5.93. The van der Waals surface area contributed by atoms with Gasteiger partial charge in [0.15, 0.2) is 5.58 Å². The van der Waals surface area contributed by atoms with E-state index in [-0.39, 0.29) is 18.6 Å². The molecule has 0 saturated carbocycles. The number of nitrogens with one attached hydrogen (secondary N) is 1. The molecule has 0 radical (unpaired) electrons. The van der Waals surface area contributed by atoms with Crippen LogP contribution in [0.5, 0.6) is 11.5 Å². The van der Waals surface area contributed by atoms with Crippen molar-refractivity contribution in [3.63, 3.8) is 0 Å². The Bertz CT molecular complexity index is 1070. The van der Waals surface area contributed by atoms with E-state index in [4.69, 9.17) is 13.9 Å². The molecule has 3 aromatic rings. The van der Waals surface area contributed by atoms with Crippen LogP contribution in [0.15, 0.2) is 45.6 Å². The fraction of sp³-hybridized carbons (Fsp3) is 0.300. The van der Waals surface area contributed by atoms with E-state index in [2.05, 4.69) is 5.32 Å². The van der Waals surface area contributed by atoms with Crippen molar-refractivity contribution in [2.24, 2.45) is 0 Å². The number of amides is 1. The number of hydrogen-bond donors (Lipinski definition) is 1. The summed E-state index contributed by atoms with van der Waals surface area (Å²) in [6.45, 7) is 4.20. The third kappa shape index (κ3) is 3.28. The normalized spacial score (nSPS) is 15.4. The number of aromatic nitrogens is 1. The third-order valence-corrected chi connectivity index (χ3v) is 4.45. The number of carbonyl (C=O) groups excluding carboxylic acids is 1. The minimum atomic E-state index is -0.567. The Morgan fingerprint density at radius 2 is 2.15 bits per heavy atom. The van der Waals surface area contributed by atoms with Gasteiger partial charge in [0.25, 0.3) is 0 Å². The van der Waals surface area contributed by atoms with Crippen molar-refractivity contribution in [3.05, 3.63) is 52.5 Å². The quantitative estimate of drug-likeness (QED) is 0.749. The Hall–Kier alpha value is -3.22. The minimum Gasteiger partial charge on any atom is -0.492 e. The van der Waals surface area contributed by atoms with Crippen molar-refractivity contribution >= 4 is 22.7 Å². The van der Waals surface area contributed by atoms with Crippen LogP contribution >= 0.6 is 0 Å². The highest BCUT2D eigenvalue weighted by atomic mass is 16.5. The van der Waals surface area contributed by atoms with Crippen LogP contribution in [-0.4, -0.2) is 23.2 Å². The average molecular weight is 368 g/mol. The van der Waals surface area contributed by atoms with Crippen LogP contribution in [0.3, 0.4) is 0 Å². The van der Waals surface area contributed by atoms with Crippen molar-refractivity contribution in [3.8, 4) is 11.5 Å². The van der Waals surface area contributed by atoms with E-state index in [9.17, 15) is 9.59 Å². The molecule has 1 aliphatic rings. The van der Waals surface area contributed by atoms with Crippen molar-refractivity contribution in [2.75, 3.05) is 11.9 Å². The monoisotopic (exact) mass is 368 g/mol. The molecule has 2 aromatic carbocycles. The average Bonchev–Trinajstić information content (AvgIpc) is 3.14. The van der Waals surface area contributed by atoms with Crippen LogP contribution < -0.4 is 20.5 Å². The van der Waals surface area contributed by atoms with E-state index in [1.807, 2.05) is 19.9 Å². The second-order valence-electron chi connectivity index (χ2n) is 6.49. The molecule has 1 amide bonds. The van der Waals surface area contributed by atoms with Gasteiger partial charge in [0.05, 0.1) is 17.8 Å². The van der Waals surface area contributed by atoms with Crippen LogP contribution in [0.4, 0.5) is 5.69 Å². The van der Waals surface area contributed by atoms with Crippen molar-refractivity contribution in [1.82, 2.24) is 4.57 Å². The first-order chi connectivity index (χ1) is 13.0. The fourth-order valence-electron chi connectivity index (χ4n) is 3.31. The number of carbonyl (C=O) groups is 1. The van der Waals surface area contributed by atoms with Gasteiger partial charge in [-0.2, -0.15) is 0 Å². The summed E-state index contributed by atoms with van der Waals surface area (Å²) in [5.41, 5.74) is 2.61. The Labute approximate surface area is 155 Å². The summed E-state index contributed by atoms with van der Waals surface area (Å²) in [7, 11) is 0. The molecule has 1 unspecified atom stereocenters. The molecular weight excluding hydrogens is 348 g/mol. The molecule has 0 aliphatic carbocycles. The molecule has 27 heavy (non-hydrogen) atoms. The van der Waals surface area contributed by atoms with E-state index in [0.29, 0.717) is 29.1 Å². The van der Waals surface area contributed by atoms with Gasteiger partial charge < -0.3 is 19.2 Å². The SMILES string of the molecule is CCOc1cc2c(cc1NC(=O)Cn1c(=O)oc3ccccc31)OC(C)C2. The molecule has 2 heterocycles. The molecule has 0 fully saturated rings. The van der Waals surface area contributed by atoms with E-state index in [1.165, 1.54) is 4.57 Å². The summed E-state index contributed by atoms with van der Waals surface area (Å²) in [4.78, 5) is 24.6. The van der Waals surface area contributed by atoms with Gasteiger partial charge in [-0.3, -0.25) is 9.36 Å². The molecule has 0 spiro atoms. The Balaban J connectivity index is 1.60. The minimum absolute atomic E-state index is 0.0938. The van der Waals surface area contributed by atoms with Crippen molar-refractivity contribution in [2.45, 2.75) is 32.9 Å². The second kappa shape index (κ2) is 6.83. The molecule has 7 nitrogen and oxygen atoms in total.